The van der Waals surface area contributed by atoms with E-state index in [4.69, 9.17) is 0 Å². The summed E-state index contributed by atoms with van der Waals surface area (Å²) in [6.07, 6.45) is 5.98. The Labute approximate surface area is 121 Å². The van der Waals surface area contributed by atoms with E-state index >= 15 is 0 Å². The Kier molecular flexibility index (Phi) is 5.06. The molecule has 0 saturated heterocycles. The molecule has 0 heterocycles. The Balaban J connectivity index is 1.85. The minimum Gasteiger partial charge on any atom is -0.481 e. The maximum Gasteiger partial charge on any atom is 0.307 e. The zero-order chi connectivity index (χ0) is 14.7. The highest BCUT2D eigenvalue weighted by atomic mass is 16.4. The van der Waals surface area contributed by atoms with Crippen LogP contribution in [0.1, 0.15) is 52.4 Å². The van der Waals surface area contributed by atoms with Gasteiger partial charge in [-0.3, -0.25) is 9.59 Å². The quantitative estimate of drug-likeness (QED) is 0.814. The first kappa shape index (κ1) is 15.3. The standard InChI is InChI=1S/C16H27NO3/c1-3-11-7-13(14(8-11)16(19)20)15(18)17-9-12-5-4-10(2)6-12/h10-14H,3-9H2,1-2H3,(H,17,18)(H,19,20)/t10?,11?,12?,13-,14+/m0/s1. The second kappa shape index (κ2) is 6.59. The van der Waals surface area contributed by atoms with E-state index in [0.717, 1.165) is 25.3 Å². The van der Waals surface area contributed by atoms with Crippen LogP contribution in [0.25, 0.3) is 0 Å². The molecule has 0 aromatic heterocycles. The maximum absolute atomic E-state index is 12.3. The van der Waals surface area contributed by atoms with Crippen LogP contribution in [0.3, 0.4) is 0 Å². The van der Waals surface area contributed by atoms with Crippen molar-refractivity contribution in [2.24, 2.45) is 29.6 Å². The summed E-state index contributed by atoms with van der Waals surface area (Å²) in [6.45, 7) is 5.05. The molecule has 0 radical (unpaired) electrons. The van der Waals surface area contributed by atoms with Crippen LogP contribution >= 0.6 is 0 Å². The van der Waals surface area contributed by atoms with Gasteiger partial charge in [0.1, 0.15) is 0 Å². The highest BCUT2D eigenvalue weighted by molar-refractivity contribution is 5.85. The van der Waals surface area contributed by atoms with Gasteiger partial charge in [0, 0.05) is 6.54 Å². The first-order valence-corrected chi connectivity index (χ1v) is 8.01. The second-order valence-electron chi connectivity index (χ2n) is 6.83. The van der Waals surface area contributed by atoms with Crippen molar-refractivity contribution in [1.82, 2.24) is 5.32 Å². The molecule has 4 heteroatoms. The number of amides is 1. The highest BCUT2D eigenvalue weighted by Crippen LogP contribution is 2.38. The first-order valence-electron chi connectivity index (χ1n) is 8.01. The highest BCUT2D eigenvalue weighted by Gasteiger charge is 2.42. The van der Waals surface area contributed by atoms with Crippen LogP contribution in [0, 0.1) is 29.6 Å². The minimum atomic E-state index is -0.810. The van der Waals surface area contributed by atoms with Crippen LogP contribution in [0.5, 0.6) is 0 Å². The molecule has 0 spiro atoms. The molecule has 2 aliphatic rings. The molecule has 3 unspecified atom stereocenters. The number of carbonyl (C=O) groups is 2. The summed E-state index contributed by atoms with van der Waals surface area (Å²) >= 11 is 0. The third-order valence-electron chi connectivity index (χ3n) is 5.26. The lowest BCUT2D eigenvalue weighted by atomic mass is 9.95. The Hall–Kier alpha value is -1.06. The predicted octanol–water partition coefficient (Wildman–Crippen LogP) is 2.68. The van der Waals surface area contributed by atoms with Crippen molar-refractivity contribution in [3.8, 4) is 0 Å². The molecule has 4 nitrogen and oxygen atoms in total. The fourth-order valence-electron chi connectivity index (χ4n) is 3.93. The molecular weight excluding hydrogens is 254 g/mol. The van der Waals surface area contributed by atoms with Gasteiger partial charge in [0.05, 0.1) is 11.8 Å². The molecule has 114 valence electrons. The van der Waals surface area contributed by atoms with Crippen LogP contribution in [0.4, 0.5) is 0 Å². The minimum absolute atomic E-state index is 0.0343. The second-order valence-corrected chi connectivity index (χ2v) is 6.83. The number of carbonyl (C=O) groups excluding carboxylic acids is 1. The molecule has 2 fully saturated rings. The van der Waals surface area contributed by atoms with Crippen molar-refractivity contribution in [2.45, 2.75) is 52.4 Å². The molecule has 0 aliphatic heterocycles. The molecule has 2 saturated carbocycles. The normalized spacial score (nSPS) is 37.0. The Bertz CT molecular complexity index is 369. The van der Waals surface area contributed by atoms with Crippen molar-refractivity contribution >= 4 is 11.9 Å². The Morgan fingerprint density at radius 3 is 2.35 bits per heavy atom. The number of hydrogen-bond donors (Lipinski definition) is 2. The average molecular weight is 281 g/mol. The van der Waals surface area contributed by atoms with Gasteiger partial charge in [-0.15, -0.1) is 0 Å². The number of aliphatic carboxylic acids is 1. The predicted molar refractivity (Wildman–Crippen MR) is 77.1 cm³/mol. The van der Waals surface area contributed by atoms with Gasteiger partial charge in [-0.1, -0.05) is 26.7 Å². The van der Waals surface area contributed by atoms with E-state index in [9.17, 15) is 14.7 Å². The fourth-order valence-corrected chi connectivity index (χ4v) is 3.93. The molecule has 2 rings (SSSR count). The van der Waals surface area contributed by atoms with E-state index < -0.39 is 11.9 Å². The van der Waals surface area contributed by atoms with Gasteiger partial charge in [0.25, 0.3) is 0 Å². The fraction of sp³-hybridized carbons (Fsp3) is 0.875. The summed E-state index contributed by atoms with van der Waals surface area (Å²) in [5, 5.41) is 12.3. The Morgan fingerprint density at radius 1 is 1.10 bits per heavy atom. The molecular formula is C16H27NO3. The summed E-state index contributed by atoms with van der Waals surface area (Å²) in [4.78, 5) is 23.6. The third kappa shape index (κ3) is 3.53. The van der Waals surface area contributed by atoms with E-state index in [1.165, 1.54) is 19.3 Å². The lowest BCUT2D eigenvalue weighted by Crippen LogP contribution is -2.37. The van der Waals surface area contributed by atoms with Crippen molar-refractivity contribution in [2.75, 3.05) is 6.54 Å². The maximum atomic E-state index is 12.3. The summed E-state index contributed by atoms with van der Waals surface area (Å²) in [5.74, 6) is 0.0841. The monoisotopic (exact) mass is 281 g/mol. The zero-order valence-electron chi connectivity index (χ0n) is 12.6. The summed E-state index contributed by atoms with van der Waals surface area (Å²) in [6, 6.07) is 0. The van der Waals surface area contributed by atoms with Gasteiger partial charge in [-0.05, 0) is 43.4 Å². The summed E-state index contributed by atoms with van der Waals surface area (Å²) in [7, 11) is 0. The average Bonchev–Trinajstić information content (AvgIpc) is 3.02. The first-order chi connectivity index (χ1) is 9.51. The van der Waals surface area contributed by atoms with Crippen LogP contribution in [-0.2, 0) is 9.59 Å². The smallest absolute Gasteiger partial charge is 0.307 e. The molecule has 0 bridgehead atoms. The van der Waals surface area contributed by atoms with Crippen LogP contribution in [0.15, 0.2) is 0 Å². The third-order valence-corrected chi connectivity index (χ3v) is 5.26. The molecule has 20 heavy (non-hydrogen) atoms. The lowest BCUT2D eigenvalue weighted by Gasteiger charge is -2.17. The van der Waals surface area contributed by atoms with Crippen molar-refractivity contribution in [3.05, 3.63) is 0 Å². The number of nitrogens with one attached hydrogen (secondary N) is 1. The zero-order valence-corrected chi connectivity index (χ0v) is 12.6. The lowest BCUT2D eigenvalue weighted by molar-refractivity contribution is -0.146. The van der Waals surface area contributed by atoms with Gasteiger partial charge < -0.3 is 10.4 Å². The number of carboxylic acids is 1. The van der Waals surface area contributed by atoms with E-state index in [1.807, 2.05) is 0 Å². The molecule has 2 N–H and O–H groups in total. The van der Waals surface area contributed by atoms with Gasteiger partial charge in [-0.2, -0.15) is 0 Å². The molecule has 2 aliphatic carbocycles. The summed E-state index contributed by atoms with van der Waals surface area (Å²) < 4.78 is 0. The van der Waals surface area contributed by atoms with Gasteiger partial charge in [-0.25, -0.2) is 0 Å². The number of rotatable bonds is 5. The summed E-state index contributed by atoms with van der Waals surface area (Å²) in [5.41, 5.74) is 0. The van der Waals surface area contributed by atoms with E-state index in [0.29, 0.717) is 18.3 Å². The number of hydrogen-bond acceptors (Lipinski definition) is 2. The number of carboxylic acid groups (broad SMARTS) is 1. The van der Waals surface area contributed by atoms with Gasteiger partial charge >= 0.3 is 5.97 Å². The van der Waals surface area contributed by atoms with Crippen molar-refractivity contribution < 1.29 is 14.7 Å². The van der Waals surface area contributed by atoms with E-state index in [1.54, 1.807) is 0 Å². The SMILES string of the molecule is CCC1C[C@H](C(=O)NCC2CCC(C)C2)[C@H](C(=O)O)C1. The van der Waals surface area contributed by atoms with Crippen LogP contribution in [-0.4, -0.2) is 23.5 Å². The Morgan fingerprint density at radius 2 is 1.80 bits per heavy atom. The molecule has 0 aromatic rings. The van der Waals surface area contributed by atoms with Crippen molar-refractivity contribution in [3.63, 3.8) is 0 Å². The molecule has 0 aromatic carbocycles. The van der Waals surface area contributed by atoms with Crippen LogP contribution in [0.2, 0.25) is 0 Å². The largest absolute Gasteiger partial charge is 0.481 e. The van der Waals surface area contributed by atoms with Gasteiger partial charge in [0.2, 0.25) is 5.91 Å². The molecule has 1 amide bonds. The van der Waals surface area contributed by atoms with E-state index in [2.05, 4.69) is 19.2 Å². The van der Waals surface area contributed by atoms with Gasteiger partial charge in [0.15, 0.2) is 0 Å². The van der Waals surface area contributed by atoms with Crippen molar-refractivity contribution in [1.29, 1.82) is 0 Å². The van der Waals surface area contributed by atoms with E-state index in [-0.39, 0.29) is 11.8 Å². The topological polar surface area (TPSA) is 66.4 Å². The molecule has 5 atom stereocenters. The van der Waals surface area contributed by atoms with Crippen LogP contribution < -0.4 is 5.32 Å².